The molecular weight excluding hydrogens is 605 g/mol. The van der Waals surface area contributed by atoms with Crippen LogP contribution in [0.4, 0.5) is 0 Å². The molecule has 0 N–H and O–H groups in total. The molecule has 0 unspecified atom stereocenters. The van der Waals surface area contributed by atoms with E-state index in [0.717, 1.165) is 77.0 Å². The summed E-state index contributed by atoms with van der Waals surface area (Å²) in [7, 11) is 0. The number of para-hydroxylation sites is 2. The number of aromatic nitrogens is 6. The van der Waals surface area contributed by atoms with E-state index >= 15 is 0 Å². The highest BCUT2D eigenvalue weighted by Gasteiger charge is 2.19. The van der Waals surface area contributed by atoms with Gasteiger partial charge in [-0.05, 0) is 42.5 Å². The summed E-state index contributed by atoms with van der Waals surface area (Å²) in [6.07, 6.45) is 1.81. The molecule has 0 saturated carbocycles. The summed E-state index contributed by atoms with van der Waals surface area (Å²) in [5.74, 6) is 1.57. The van der Waals surface area contributed by atoms with Crippen LogP contribution in [-0.4, -0.2) is 29.9 Å². The third-order valence-electron chi connectivity index (χ3n) is 8.96. The van der Waals surface area contributed by atoms with Crippen molar-refractivity contribution in [2.24, 2.45) is 0 Å². The van der Waals surface area contributed by atoms with Gasteiger partial charge in [0.1, 0.15) is 16.9 Å². The van der Waals surface area contributed by atoms with E-state index in [1.165, 1.54) is 0 Å². The Morgan fingerprint density at radius 3 is 2.12 bits per heavy atom. The Morgan fingerprint density at radius 1 is 0.429 bits per heavy atom. The Hall–Kier alpha value is -6.86. The lowest BCUT2D eigenvalue weighted by molar-refractivity contribution is 0.669. The summed E-state index contributed by atoms with van der Waals surface area (Å²) >= 11 is 0. The van der Waals surface area contributed by atoms with Crippen LogP contribution in [0.5, 0.6) is 0 Å². The molecule has 0 bridgehead atoms. The molecule has 10 rings (SSSR count). The van der Waals surface area contributed by atoms with Gasteiger partial charge in [-0.2, -0.15) is 0 Å². The van der Waals surface area contributed by atoms with Crippen LogP contribution in [0.3, 0.4) is 0 Å². The van der Waals surface area contributed by atoms with Gasteiger partial charge in [0.15, 0.2) is 17.5 Å². The summed E-state index contributed by atoms with van der Waals surface area (Å²) < 4.78 is 6.22. The summed E-state index contributed by atoms with van der Waals surface area (Å²) in [6, 6.07) is 46.6. The van der Waals surface area contributed by atoms with Crippen molar-refractivity contribution in [3.8, 4) is 45.6 Å². The van der Waals surface area contributed by atoms with E-state index < -0.39 is 0 Å². The predicted octanol–water partition coefficient (Wildman–Crippen LogP) is 10.1. The molecule has 0 aliphatic carbocycles. The molecule has 0 spiro atoms. The number of rotatable bonds is 4. The lowest BCUT2D eigenvalue weighted by Crippen LogP contribution is -2.01. The first-order valence-corrected chi connectivity index (χ1v) is 16.0. The van der Waals surface area contributed by atoms with Gasteiger partial charge in [-0.25, -0.2) is 24.9 Å². The van der Waals surface area contributed by atoms with Crippen LogP contribution in [0.15, 0.2) is 150 Å². The Morgan fingerprint density at radius 2 is 1.14 bits per heavy atom. The van der Waals surface area contributed by atoms with Crippen molar-refractivity contribution in [1.29, 1.82) is 0 Å². The van der Waals surface area contributed by atoms with Crippen molar-refractivity contribution in [1.82, 2.24) is 29.9 Å². The maximum atomic E-state index is 6.22. The topological polar surface area (TPSA) is 90.5 Å². The van der Waals surface area contributed by atoms with E-state index in [1.54, 1.807) is 0 Å². The Kier molecular flexibility index (Phi) is 6.04. The highest BCUT2D eigenvalue weighted by molar-refractivity contribution is 6.11. The highest BCUT2D eigenvalue weighted by Crippen LogP contribution is 2.37. The van der Waals surface area contributed by atoms with Crippen molar-refractivity contribution in [2.75, 3.05) is 0 Å². The minimum Gasteiger partial charge on any atom is -0.456 e. The summed E-state index contributed by atoms with van der Waals surface area (Å²) in [5.41, 5.74) is 8.37. The smallest absolute Gasteiger partial charge is 0.182 e. The van der Waals surface area contributed by atoms with Gasteiger partial charge in [-0.1, -0.05) is 97.1 Å². The molecule has 0 radical (unpaired) electrons. The lowest BCUT2D eigenvalue weighted by atomic mass is 10.0. The fourth-order valence-electron chi connectivity index (χ4n) is 6.59. The van der Waals surface area contributed by atoms with Crippen molar-refractivity contribution in [3.05, 3.63) is 146 Å². The standard InChI is InChI=1S/C42H24N6O/c1-3-14-32-25(8-1)19-22-34(44-32)42-47-40(46-41(48-42)31-13-6-16-36-37(31)30-12-2-4-15-35(30)49-36)29-10-5-9-28(24-29)33-21-20-27-18-17-26-11-7-23-43-38(26)39(27)45-33/h1-24H. The maximum absolute atomic E-state index is 6.22. The first-order valence-electron chi connectivity index (χ1n) is 16.0. The van der Waals surface area contributed by atoms with Gasteiger partial charge < -0.3 is 4.42 Å². The number of hydrogen-bond acceptors (Lipinski definition) is 7. The van der Waals surface area contributed by atoms with E-state index in [4.69, 9.17) is 29.3 Å². The number of benzene rings is 5. The van der Waals surface area contributed by atoms with Gasteiger partial charge in [0.25, 0.3) is 0 Å². The van der Waals surface area contributed by atoms with Gasteiger partial charge in [0.05, 0.1) is 22.2 Å². The van der Waals surface area contributed by atoms with E-state index in [2.05, 4.69) is 53.5 Å². The van der Waals surface area contributed by atoms with Crippen molar-refractivity contribution < 1.29 is 4.42 Å². The maximum Gasteiger partial charge on any atom is 0.182 e. The van der Waals surface area contributed by atoms with Crippen molar-refractivity contribution in [2.45, 2.75) is 0 Å². The molecule has 7 heteroatoms. The van der Waals surface area contributed by atoms with Gasteiger partial charge in [0, 0.05) is 49.8 Å². The Balaban J connectivity index is 1.17. The second-order valence-corrected chi connectivity index (χ2v) is 12.0. The molecule has 0 atom stereocenters. The van der Waals surface area contributed by atoms with Crippen LogP contribution < -0.4 is 0 Å². The number of hydrogen-bond donors (Lipinski definition) is 0. The molecule has 0 saturated heterocycles. The zero-order chi connectivity index (χ0) is 32.3. The second-order valence-electron chi connectivity index (χ2n) is 12.0. The molecule has 228 valence electrons. The monoisotopic (exact) mass is 628 g/mol. The first-order chi connectivity index (χ1) is 24.2. The van der Waals surface area contributed by atoms with Crippen LogP contribution in [-0.2, 0) is 0 Å². The number of furan rings is 1. The van der Waals surface area contributed by atoms with E-state index in [0.29, 0.717) is 23.2 Å². The van der Waals surface area contributed by atoms with Crippen LogP contribution in [0.2, 0.25) is 0 Å². The molecule has 5 aromatic carbocycles. The minimum atomic E-state index is 0.488. The largest absolute Gasteiger partial charge is 0.456 e. The number of pyridine rings is 3. The molecular formula is C42H24N6O. The van der Waals surface area contributed by atoms with Gasteiger partial charge in [-0.3, -0.25) is 4.98 Å². The normalized spacial score (nSPS) is 11.7. The summed E-state index contributed by atoms with van der Waals surface area (Å²) in [6.45, 7) is 0. The van der Waals surface area contributed by atoms with Gasteiger partial charge in [0.2, 0.25) is 0 Å². The second kappa shape index (κ2) is 10.9. The number of nitrogens with zero attached hydrogens (tertiary/aromatic N) is 6. The zero-order valence-electron chi connectivity index (χ0n) is 25.9. The van der Waals surface area contributed by atoms with Gasteiger partial charge >= 0.3 is 0 Å². The van der Waals surface area contributed by atoms with Crippen molar-refractivity contribution in [3.63, 3.8) is 0 Å². The van der Waals surface area contributed by atoms with E-state index in [9.17, 15) is 0 Å². The lowest BCUT2D eigenvalue weighted by Gasteiger charge is -2.11. The molecule has 10 aromatic rings. The van der Waals surface area contributed by atoms with E-state index in [1.807, 2.05) is 97.2 Å². The van der Waals surface area contributed by atoms with Crippen LogP contribution in [0.25, 0.3) is 100 Å². The van der Waals surface area contributed by atoms with Crippen LogP contribution in [0, 0.1) is 0 Å². The third kappa shape index (κ3) is 4.59. The fraction of sp³-hybridized carbons (Fsp3) is 0. The minimum absolute atomic E-state index is 0.488. The molecule has 0 aliphatic rings. The molecule has 5 aromatic heterocycles. The molecule has 0 fully saturated rings. The Labute approximate surface area is 279 Å². The quantitative estimate of drug-likeness (QED) is 0.179. The molecule has 49 heavy (non-hydrogen) atoms. The van der Waals surface area contributed by atoms with Crippen LogP contribution >= 0.6 is 0 Å². The zero-order valence-corrected chi connectivity index (χ0v) is 25.9. The number of fused-ring (bicyclic) bond motifs is 7. The predicted molar refractivity (Wildman–Crippen MR) is 195 cm³/mol. The van der Waals surface area contributed by atoms with E-state index in [-0.39, 0.29) is 0 Å². The average molecular weight is 629 g/mol. The SMILES string of the molecule is c1cc(-c2ccc3ccc4cccnc4c3n2)cc(-c2nc(-c3ccc4ccccc4n3)nc(-c3cccc4oc5ccccc5c34)n2)c1. The van der Waals surface area contributed by atoms with Crippen molar-refractivity contribution >= 4 is 54.6 Å². The van der Waals surface area contributed by atoms with Gasteiger partial charge in [-0.15, -0.1) is 0 Å². The third-order valence-corrected chi connectivity index (χ3v) is 8.96. The fourth-order valence-corrected chi connectivity index (χ4v) is 6.59. The molecule has 0 aliphatic heterocycles. The molecule has 7 nitrogen and oxygen atoms in total. The van der Waals surface area contributed by atoms with Crippen LogP contribution in [0.1, 0.15) is 0 Å². The highest BCUT2D eigenvalue weighted by atomic mass is 16.3. The molecule has 5 heterocycles. The summed E-state index contributed by atoms with van der Waals surface area (Å²) in [5, 5.41) is 5.12. The average Bonchev–Trinajstić information content (AvgIpc) is 3.56. The molecule has 0 amide bonds. The Bertz CT molecular complexity index is 2910. The summed E-state index contributed by atoms with van der Waals surface area (Å²) in [4.78, 5) is 29.8. The first kappa shape index (κ1) is 27.3.